The number of halogens is 2. The number of nitrogens with one attached hydrogen (secondary N) is 2. The molecule has 0 bridgehead atoms. The molecule has 2 heterocycles. The molecule has 2 fully saturated rings. The fourth-order valence-electron chi connectivity index (χ4n) is 2.35. The van der Waals surface area contributed by atoms with Gasteiger partial charge in [-0.15, -0.1) is 24.8 Å². The van der Waals surface area contributed by atoms with Gasteiger partial charge in [0, 0.05) is 12.6 Å². The topological polar surface area (TPSA) is 44.4 Å². The van der Waals surface area contributed by atoms with Gasteiger partial charge < -0.3 is 15.5 Å². The fourth-order valence-corrected chi connectivity index (χ4v) is 2.35. The van der Waals surface area contributed by atoms with Crippen LogP contribution < -0.4 is 10.6 Å². The molecule has 0 aliphatic carbocycles. The van der Waals surface area contributed by atoms with Gasteiger partial charge in [0.05, 0.1) is 5.92 Å². The van der Waals surface area contributed by atoms with Gasteiger partial charge in [0.2, 0.25) is 5.91 Å². The molecular weight excluding hydrogens is 261 g/mol. The summed E-state index contributed by atoms with van der Waals surface area (Å²) in [6, 6.07) is 0.411. The maximum atomic E-state index is 11.8. The Bertz CT molecular complexity index is 227. The molecule has 1 amide bonds. The van der Waals surface area contributed by atoms with E-state index in [1.54, 1.807) is 0 Å². The van der Waals surface area contributed by atoms with Crippen molar-refractivity contribution in [1.29, 1.82) is 0 Å². The summed E-state index contributed by atoms with van der Waals surface area (Å²) in [5.74, 6) is 0.471. The van der Waals surface area contributed by atoms with E-state index in [0.717, 1.165) is 45.4 Å². The van der Waals surface area contributed by atoms with E-state index in [1.165, 1.54) is 0 Å². The van der Waals surface area contributed by atoms with Crippen LogP contribution in [0.2, 0.25) is 0 Å². The van der Waals surface area contributed by atoms with Crippen molar-refractivity contribution < 1.29 is 4.79 Å². The summed E-state index contributed by atoms with van der Waals surface area (Å²) in [4.78, 5) is 14.1. The summed E-state index contributed by atoms with van der Waals surface area (Å²) < 4.78 is 0. The van der Waals surface area contributed by atoms with E-state index in [0.29, 0.717) is 6.04 Å². The smallest absolute Gasteiger partial charge is 0.224 e. The zero-order chi connectivity index (χ0) is 10.7. The van der Waals surface area contributed by atoms with Crippen LogP contribution >= 0.6 is 24.8 Å². The highest BCUT2D eigenvalue weighted by Crippen LogP contribution is 2.12. The van der Waals surface area contributed by atoms with Gasteiger partial charge in [-0.25, -0.2) is 0 Å². The zero-order valence-electron chi connectivity index (χ0n) is 10.3. The molecule has 0 aromatic carbocycles. The summed E-state index contributed by atoms with van der Waals surface area (Å²) in [6.07, 6.45) is 3.20. The molecule has 2 aliphatic heterocycles. The standard InChI is InChI=1S/C11H21N3O.2ClH/c1-14-6-3-10(4-7-14)13-11(15)9-2-5-12-8-9;;/h9-10,12H,2-8H2,1H3,(H,13,15);2*1H. The Morgan fingerprint density at radius 2 is 1.88 bits per heavy atom. The van der Waals surface area contributed by atoms with Gasteiger partial charge in [-0.05, 0) is 45.9 Å². The van der Waals surface area contributed by atoms with Crippen LogP contribution in [0.15, 0.2) is 0 Å². The van der Waals surface area contributed by atoms with Crippen LogP contribution in [0.4, 0.5) is 0 Å². The van der Waals surface area contributed by atoms with Crippen LogP contribution in [0.5, 0.6) is 0 Å². The molecule has 0 radical (unpaired) electrons. The number of carbonyl (C=O) groups is 1. The van der Waals surface area contributed by atoms with Gasteiger partial charge in [-0.2, -0.15) is 0 Å². The highest BCUT2D eigenvalue weighted by molar-refractivity contribution is 5.85. The Balaban J connectivity index is 0.00000128. The number of piperidine rings is 1. The number of hydrogen-bond acceptors (Lipinski definition) is 3. The first-order valence-corrected chi connectivity index (χ1v) is 5.95. The highest BCUT2D eigenvalue weighted by Gasteiger charge is 2.25. The maximum Gasteiger partial charge on any atom is 0.224 e. The highest BCUT2D eigenvalue weighted by atomic mass is 35.5. The van der Waals surface area contributed by atoms with Crippen molar-refractivity contribution in [1.82, 2.24) is 15.5 Å². The van der Waals surface area contributed by atoms with Crippen molar-refractivity contribution in [2.75, 3.05) is 33.2 Å². The molecule has 102 valence electrons. The van der Waals surface area contributed by atoms with E-state index in [-0.39, 0.29) is 36.6 Å². The van der Waals surface area contributed by atoms with Gasteiger partial charge in [-0.3, -0.25) is 4.79 Å². The number of carbonyl (C=O) groups excluding carboxylic acids is 1. The van der Waals surface area contributed by atoms with Gasteiger partial charge >= 0.3 is 0 Å². The molecule has 2 rings (SSSR count). The van der Waals surface area contributed by atoms with Crippen molar-refractivity contribution in [2.45, 2.75) is 25.3 Å². The quantitative estimate of drug-likeness (QED) is 0.782. The minimum atomic E-state index is 0. The molecule has 2 saturated heterocycles. The summed E-state index contributed by atoms with van der Waals surface area (Å²) in [6.45, 7) is 4.06. The van der Waals surface area contributed by atoms with Crippen LogP contribution in [0.3, 0.4) is 0 Å². The number of hydrogen-bond donors (Lipinski definition) is 2. The molecule has 1 unspecified atom stereocenters. The second-order valence-electron chi connectivity index (χ2n) is 4.78. The van der Waals surface area contributed by atoms with Gasteiger partial charge in [0.1, 0.15) is 0 Å². The molecule has 17 heavy (non-hydrogen) atoms. The molecule has 4 nitrogen and oxygen atoms in total. The third kappa shape index (κ3) is 5.00. The van der Waals surface area contributed by atoms with E-state index in [1.807, 2.05) is 0 Å². The summed E-state index contributed by atoms with van der Waals surface area (Å²) in [5.41, 5.74) is 0. The van der Waals surface area contributed by atoms with Crippen LogP contribution in [0, 0.1) is 5.92 Å². The Hall–Kier alpha value is -0.0300. The van der Waals surface area contributed by atoms with Crippen molar-refractivity contribution in [3.63, 3.8) is 0 Å². The second-order valence-corrected chi connectivity index (χ2v) is 4.78. The van der Waals surface area contributed by atoms with Crippen LogP contribution in [-0.4, -0.2) is 50.1 Å². The molecular formula is C11H23Cl2N3O. The van der Waals surface area contributed by atoms with E-state index < -0.39 is 0 Å². The van der Waals surface area contributed by atoms with Gasteiger partial charge in [0.25, 0.3) is 0 Å². The first kappa shape index (κ1) is 17.0. The molecule has 2 aliphatic rings. The molecule has 1 atom stereocenters. The number of amides is 1. The summed E-state index contributed by atoms with van der Waals surface area (Å²) in [7, 11) is 2.14. The molecule has 0 aromatic rings. The minimum absolute atomic E-state index is 0. The lowest BCUT2D eigenvalue weighted by molar-refractivity contribution is -0.125. The normalized spacial score (nSPS) is 25.8. The predicted molar refractivity (Wildman–Crippen MR) is 74.1 cm³/mol. The third-order valence-corrected chi connectivity index (χ3v) is 3.50. The monoisotopic (exact) mass is 283 g/mol. The molecule has 0 spiro atoms. The molecule has 2 N–H and O–H groups in total. The average Bonchev–Trinajstić information content (AvgIpc) is 2.74. The van der Waals surface area contributed by atoms with E-state index in [9.17, 15) is 4.79 Å². The largest absolute Gasteiger partial charge is 0.353 e. The Kier molecular flexibility index (Phi) is 8.12. The van der Waals surface area contributed by atoms with Crippen molar-refractivity contribution >= 4 is 30.7 Å². The first-order valence-electron chi connectivity index (χ1n) is 5.95. The van der Waals surface area contributed by atoms with Crippen molar-refractivity contribution in [2.24, 2.45) is 5.92 Å². The summed E-state index contributed by atoms with van der Waals surface area (Å²) in [5, 5.41) is 6.40. The third-order valence-electron chi connectivity index (χ3n) is 3.50. The van der Waals surface area contributed by atoms with Crippen LogP contribution in [-0.2, 0) is 4.79 Å². The van der Waals surface area contributed by atoms with E-state index in [2.05, 4.69) is 22.6 Å². The predicted octanol–water partition coefficient (Wildman–Crippen LogP) is 0.650. The van der Waals surface area contributed by atoms with E-state index in [4.69, 9.17) is 0 Å². The Labute approximate surface area is 116 Å². The fraction of sp³-hybridized carbons (Fsp3) is 0.909. The molecule has 0 aromatic heterocycles. The summed E-state index contributed by atoms with van der Waals surface area (Å²) >= 11 is 0. The number of likely N-dealkylation sites (tertiary alicyclic amines) is 1. The lowest BCUT2D eigenvalue weighted by Gasteiger charge is -2.30. The Morgan fingerprint density at radius 1 is 1.24 bits per heavy atom. The lowest BCUT2D eigenvalue weighted by Crippen LogP contribution is -2.45. The Morgan fingerprint density at radius 3 is 2.41 bits per heavy atom. The van der Waals surface area contributed by atoms with Crippen molar-refractivity contribution in [3.8, 4) is 0 Å². The zero-order valence-corrected chi connectivity index (χ0v) is 11.9. The second kappa shape index (κ2) is 8.14. The van der Waals surface area contributed by atoms with Gasteiger partial charge in [0.15, 0.2) is 0 Å². The SMILES string of the molecule is CN1CCC(NC(=O)C2CCNC2)CC1.Cl.Cl. The number of nitrogens with zero attached hydrogens (tertiary/aromatic N) is 1. The van der Waals surface area contributed by atoms with Gasteiger partial charge in [-0.1, -0.05) is 0 Å². The molecule has 0 saturated carbocycles. The lowest BCUT2D eigenvalue weighted by atomic mass is 10.0. The van der Waals surface area contributed by atoms with Crippen LogP contribution in [0.25, 0.3) is 0 Å². The van der Waals surface area contributed by atoms with Crippen LogP contribution in [0.1, 0.15) is 19.3 Å². The first-order chi connectivity index (χ1) is 7.25. The number of rotatable bonds is 2. The van der Waals surface area contributed by atoms with Crippen molar-refractivity contribution in [3.05, 3.63) is 0 Å². The maximum absolute atomic E-state index is 11.8. The molecule has 6 heteroatoms. The van der Waals surface area contributed by atoms with E-state index >= 15 is 0 Å². The average molecular weight is 284 g/mol. The minimum Gasteiger partial charge on any atom is -0.353 e.